The highest BCUT2D eigenvalue weighted by Gasteiger charge is 2.16. The van der Waals surface area contributed by atoms with Gasteiger partial charge in [-0.1, -0.05) is 42.5 Å². The van der Waals surface area contributed by atoms with Crippen LogP contribution in [0.15, 0.2) is 36.4 Å². The van der Waals surface area contributed by atoms with Crippen LogP contribution in [0.3, 0.4) is 0 Å². The number of nitrogens with zero attached hydrogens (tertiary/aromatic N) is 2. The highest BCUT2D eigenvalue weighted by atomic mass is 16.5. The van der Waals surface area contributed by atoms with Gasteiger partial charge in [0.1, 0.15) is 0 Å². The lowest BCUT2D eigenvalue weighted by Gasteiger charge is -2.28. The number of nitrogens with one attached hydrogen (secondary N) is 1. The molecule has 1 aromatic carbocycles. The van der Waals surface area contributed by atoms with Crippen molar-refractivity contribution in [2.24, 2.45) is 0 Å². The molecule has 0 spiro atoms. The molecule has 0 saturated carbocycles. The number of hydrogen-bond acceptors (Lipinski definition) is 3. The minimum absolute atomic E-state index is 0.0444. The number of benzene rings is 1. The quantitative estimate of drug-likeness (QED) is 0.737. The van der Waals surface area contributed by atoms with Gasteiger partial charge in [0.2, 0.25) is 0 Å². The lowest BCUT2D eigenvalue weighted by atomic mass is 10.1. The lowest BCUT2D eigenvalue weighted by Crippen LogP contribution is -2.38. The molecule has 138 valence electrons. The van der Waals surface area contributed by atoms with Crippen molar-refractivity contribution >= 4 is 12.1 Å². The maximum Gasteiger partial charge on any atom is 0.317 e. The van der Waals surface area contributed by atoms with E-state index in [0.29, 0.717) is 25.8 Å². The molecular weight excluding hydrogens is 314 g/mol. The minimum Gasteiger partial charge on any atom is -0.378 e. The van der Waals surface area contributed by atoms with Gasteiger partial charge >= 0.3 is 6.03 Å². The summed E-state index contributed by atoms with van der Waals surface area (Å²) in [4.78, 5) is 16.0. The average Bonchev–Trinajstić information content (AvgIpc) is 2.63. The molecule has 1 N–H and O–H groups in total. The summed E-state index contributed by atoms with van der Waals surface area (Å²) >= 11 is 0. The van der Waals surface area contributed by atoms with Crippen LogP contribution in [0, 0.1) is 0 Å². The predicted molar refractivity (Wildman–Crippen MR) is 103 cm³/mol. The van der Waals surface area contributed by atoms with Crippen LogP contribution in [-0.4, -0.2) is 68.8 Å². The first-order valence-corrected chi connectivity index (χ1v) is 9.16. The second-order valence-corrected chi connectivity index (χ2v) is 6.65. The van der Waals surface area contributed by atoms with Gasteiger partial charge in [0.15, 0.2) is 0 Å². The van der Waals surface area contributed by atoms with E-state index in [0.717, 1.165) is 37.9 Å². The molecule has 1 aromatic rings. The first kappa shape index (κ1) is 19.5. The van der Waals surface area contributed by atoms with E-state index in [1.54, 1.807) is 11.9 Å². The summed E-state index contributed by atoms with van der Waals surface area (Å²) in [7, 11) is 3.96. The zero-order valence-electron chi connectivity index (χ0n) is 15.5. The molecule has 0 bridgehead atoms. The van der Waals surface area contributed by atoms with Gasteiger partial charge in [0, 0.05) is 39.8 Å². The Labute approximate surface area is 151 Å². The third-order valence-corrected chi connectivity index (χ3v) is 4.45. The van der Waals surface area contributed by atoms with Crippen LogP contribution >= 0.6 is 0 Å². The fourth-order valence-corrected chi connectivity index (χ4v) is 2.80. The van der Waals surface area contributed by atoms with E-state index >= 15 is 0 Å². The van der Waals surface area contributed by atoms with Gasteiger partial charge in [-0.05, 0) is 31.9 Å². The molecule has 0 aliphatic carbocycles. The van der Waals surface area contributed by atoms with Crippen LogP contribution in [0.5, 0.6) is 0 Å². The van der Waals surface area contributed by atoms with E-state index in [2.05, 4.69) is 17.3 Å². The SMILES string of the molecule is CN1CCC(OCCCNC(=O)N(C)C/C=C/c2ccccc2)CC1. The summed E-state index contributed by atoms with van der Waals surface area (Å²) in [6.45, 7) is 4.18. The molecule has 1 fully saturated rings. The molecule has 1 saturated heterocycles. The van der Waals surface area contributed by atoms with E-state index in [1.807, 2.05) is 42.5 Å². The second-order valence-electron chi connectivity index (χ2n) is 6.65. The van der Waals surface area contributed by atoms with Gasteiger partial charge in [0.05, 0.1) is 6.10 Å². The largest absolute Gasteiger partial charge is 0.378 e. The zero-order chi connectivity index (χ0) is 17.9. The molecule has 1 aliphatic rings. The maximum absolute atomic E-state index is 12.0. The number of carbonyl (C=O) groups excluding carboxylic acids is 1. The molecule has 0 unspecified atom stereocenters. The van der Waals surface area contributed by atoms with Crippen molar-refractivity contribution in [3.8, 4) is 0 Å². The van der Waals surface area contributed by atoms with Crippen molar-refractivity contribution in [2.45, 2.75) is 25.4 Å². The van der Waals surface area contributed by atoms with Crippen molar-refractivity contribution < 1.29 is 9.53 Å². The first-order valence-electron chi connectivity index (χ1n) is 9.16. The summed E-state index contributed by atoms with van der Waals surface area (Å²) in [6.07, 6.45) is 7.49. The Balaban J connectivity index is 1.53. The van der Waals surface area contributed by atoms with Crippen molar-refractivity contribution in [3.05, 3.63) is 42.0 Å². The monoisotopic (exact) mass is 345 g/mol. The average molecular weight is 345 g/mol. The molecule has 2 rings (SSSR count). The van der Waals surface area contributed by atoms with Crippen LogP contribution in [-0.2, 0) is 4.74 Å². The van der Waals surface area contributed by atoms with E-state index in [-0.39, 0.29) is 6.03 Å². The molecule has 25 heavy (non-hydrogen) atoms. The third kappa shape index (κ3) is 7.71. The van der Waals surface area contributed by atoms with E-state index in [9.17, 15) is 4.79 Å². The van der Waals surface area contributed by atoms with Crippen LogP contribution in [0.25, 0.3) is 6.08 Å². The highest BCUT2D eigenvalue weighted by molar-refractivity contribution is 5.74. The molecule has 1 aliphatic heterocycles. The van der Waals surface area contributed by atoms with Crippen molar-refractivity contribution in [1.82, 2.24) is 15.1 Å². The van der Waals surface area contributed by atoms with Crippen molar-refractivity contribution in [2.75, 3.05) is 46.9 Å². The summed E-state index contributed by atoms with van der Waals surface area (Å²) in [5.74, 6) is 0. The van der Waals surface area contributed by atoms with E-state index in [4.69, 9.17) is 4.74 Å². The maximum atomic E-state index is 12.0. The standard InChI is InChI=1S/C20H31N3O2/c1-22-15-11-19(12-16-22)25-17-7-13-21-20(24)23(2)14-6-10-18-8-4-3-5-9-18/h3-6,8-10,19H,7,11-17H2,1-2H3,(H,21,24)/b10-6+. The number of hydrogen-bond donors (Lipinski definition) is 1. The molecular formula is C20H31N3O2. The Bertz CT molecular complexity index is 525. The summed E-state index contributed by atoms with van der Waals surface area (Å²) in [6, 6.07) is 10.0. The fraction of sp³-hybridized carbons (Fsp3) is 0.550. The van der Waals surface area contributed by atoms with Crippen LogP contribution in [0.2, 0.25) is 0 Å². The molecule has 5 nitrogen and oxygen atoms in total. The van der Waals surface area contributed by atoms with Crippen molar-refractivity contribution in [3.63, 3.8) is 0 Å². The number of likely N-dealkylation sites (N-methyl/N-ethyl adjacent to an activating group) is 1. The number of likely N-dealkylation sites (tertiary alicyclic amines) is 1. The van der Waals surface area contributed by atoms with Gasteiger partial charge in [0.25, 0.3) is 0 Å². The van der Waals surface area contributed by atoms with Crippen LogP contribution in [0.4, 0.5) is 4.79 Å². The van der Waals surface area contributed by atoms with E-state index in [1.165, 1.54) is 0 Å². The predicted octanol–water partition coefficient (Wildman–Crippen LogP) is 2.84. The van der Waals surface area contributed by atoms with Crippen molar-refractivity contribution in [1.29, 1.82) is 0 Å². The Morgan fingerprint density at radius 3 is 2.76 bits per heavy atom. The normalized spacial score (nSPS) is 16.2. The smallest absolute Gasteiger partial charge is 0.317 e. The minimum atomic E-state index is -0.0444. The summed E-state index contributed by atoms with van der Waals surface area (Å²) in [5, 5.41) is 2.94. The van der Waals surface area contributed by atoms with Crippen LogP contribution in [0.1, 0.15) is 24.8 Å². The number of amides is 2. The number of rotatable bonds is 8. The van der Waals surface area contributed by atoms with Gasteiger partial charge < -0.3 is 19.9 Å². The van der Waals surface area contributed by atoms with E-state index < -0.39 is 0 Å². The van der Waals surface area contributed by atoms with Gasteiger partial charge in [-0.3, -0.25) is 0 Å². The number of urea groups is 1. The molecule has 1 heterocycles. The molecule has 2 amide bonds. The van der Waals surface area contributed by atoms with Gasteiger partial charge in [-0.25, -0.2) is 4.79 Å². The number of carbonyl (C=O) groups is 1. The van der Waals surface area contributed by atoms with Gasteiger partial charge in [-0.15, -0.1) is 0 Å². The summed E-state index contributed by atoms with van der Waals surface area (Å²) in [5.41, 5.74) is 1.14. The topological polar surface area (TPSA) is 44.8 Å². The molecule has 0 radical (unpaired) electrons. The summed E-state index contributed by atoms with van der Waals surface area (Å²) < 4.78 is 5.88. The molecule has 0 atom stereocenters. The zero-order valence-corrected chi connectivity index (χ0v) is 15.5. The second kappa shape index (κ2) is 10.9. The fourth-order valence-electron chi connectivity index (χ4n) is 2.80. The Kier molecular flexibility index (Phi) is 8.49. The molecule has 0 aromatic heterocycles. The lowest BCUT2D eigenvalue weighted by molar-refractivity contribution is 0.0118. The highest BCUT2D eigenvalue weighted by Crippen LogP contribution is 2.12. The Hall–Kier alpha value is -1.85. The number of ether oxygens (including phenoxy) is 1. The van der Waals surface area contributed by atoms with Gasteiger partial charge in [-0.2, -0.15) is 0 Å². The Morgan fingerprint density at radius 2 is 2.04 bits per heavy atom. The first-order chi connectivity index (χ1) is 12.1. The molecule has 5 heteroatoms. The Morgan fingerprint density at radius 1 is 1.32 bits per heavy atom. The third-order valence-electron chi connectivity index (χ3n) is 4.45. The number of piperidine rings is 1. The van der Waals surface area contributed by atoms with Crippen LogP contribution < -0.4 is 5.32 Å².